The number of halogens is 2. The molecule has 2 nitrogen and oxygen atoms in total. The Balaban J connectivity index is 2.81. The molecule has 4 heteroatoms. The molecule has 0 aliphatic carbocycles. The van der Waals surface area contributed by atoms with Crippen molar-refractivity contribution in [1.82, 2.24) is 0 Å². The minimum Gasteiger partial charge on any atom is -0.369 e. The van der Waals surface area contributed by atoms with Crippen LogP contribution < -0.4 is 10.6 Å². The molecule has 1 rings (SSSR count). The molecule has 1 aromatic rings. The SMILES string of the molecule is CCN(CCCN)c1ccc(F)cc1F. The van der Waals surface area contributed by atoms with Crippen LogP contribution in [0.5, 0.6) is 0 Å². The van der Waals surface area contributed by atoms with E-state index in [1.54, 1.807) is 0 Å². The van der Waals surface area contributed by atoms with Crippen LogP contribution in [0.1, 0.15) is 13.3 Å². The third-order valence-electron chi connectivity index (χ3n) is 2.26. The summed E-state index contributed by atoms with van der Waals surface area (Å²) < 4.78 is 26.1. The summed E-state index contributed by atoms with van der Waals surface area (Å²) in [5.41, 5.74) is 5.83. The highest BCUT2D eigenvalue weighted by atomic mass is 19.1. The first-order valence-corrected chi connectivity index (χ1v) is 5.09. The summed E-state index contributed by atoms with van der Waals surface area (Å²) in [6.07, 6.45) is 0.796. The van der Waals surface area contributed by atoms with E-state index in [9.17, 15) is 8.78 Å². The van der Waals surface area contributed by atoms with Crippen molar-refractivity contribution in [2.24, 2.45) is 5.73 Å². The molecule has 0 aliphatic heterocycles. The van der Waals surface area contributed by atoms with Crippen molar-refractivity contribution in [3.63, 3.8) is 0 Å². The van der Waals surface area contributed by atoms with E-state index >= 15 is 0 Å². The molecule has 15 heavy (non-hydrogen) atoms. The lowest BCUT2D eigenvalue weighted by atomic mass is 10.2. The molecule has 1 aromatic carbocycles. The summed E-state index contributed by atoms with van der Waals surface area (Å²) in [4.78, 5) is 1.85. The molecular weight excluding hydrogens is 198 g/mol. The first-order chi connectivity index (χ1) is 7.19. The van der Waals surface area contributed by atoms with Crippen LogP contribution in [0.4, 0.5) is 14.5 Å². The Morgan fingerprint density at radius 1 is 1.33 bits per heavy atom. The molecular formula is C11H16F2N2. The summed E-state index contributed by atoms with van der Waals surface area (Å²) in [5, 5.41) is 0. The normalized spacial score (nSPS) is 10.4. The average Bonchev–Trinajstić information content (AvgIpc) is 2.21. The van der Waals surface area contributed by atoms with Gasteiger partial charge in [0.1, 0.15) is 11.6 Å². The number of hydrogen-bond acceptors (Lipinski definition) is 2. The minimum atomic E-state index is -0.550. The second-order valence-corrected chi connectivity index (χ2v) is 3.32. The zero-order chi connectivity index (χ0) is 11.3. The van der Waals surface area contributed by atoms with Gasteiger partial charge in [-0.3, -0.25) is 0 Å². The molecule has 0 amide bonds. The van der Waals surface area contributed by atoms with Gasteiger partial charge in [0.15, 0.2) is 0 Å². The highest BCUT2D eigenvalue weighted by Crippen LogP contribution is 2.19. The zero-order valence-corrected chi connectivity index (χ0v) is 8.84. The van der Waals surface area contributed by atoms with E-state index in [-0.39, 0.29) is 0 Å². The number of hydrogen-bond donors (Lipinski definition) is 1. The fraction of sp³-hybridized carbons (Fsp3) is 0.455. The van der Waals surface area contributed by atoms with Crippen LogP contribution in [0.15, 0.2) is 18.2 Å². The van der Waals surface area contributed by atoms with Crippen molar-refractivity contribution in [3.05, 3.63) is 29.8 Å². The first kappa shape index (κ1) is 11.9. The lowest BCUT2D eigenvalue weighted by Gasteiger charge is -2.23. The Labute approximate surface area is 88.7 Å². The molecule has 0 aromatic heterocycles. The molecule has 0 fully saturated rings. The van der Waals surface area contributed by atoms with Crippen LogP contribution >= 0.6 is 0 Å². The van der Waals surface area contributed by atoms with E-state index in [1.165, 1.54) is 12.1 Å². The second-order valence-electron chi connectivity index (χ2n) is 3.32. The van der Waals surface area contributed by atoms with Crippen molar-refractivity contribution in [2.45, 2.75) is 13.3 Å². The lowest BCUT2D eigenvalue weighted by Crippen LogP contribution is -2.26. The van der Waals surface area contributed by atoms with Gasteiger partial charge in [0, 0.05) is 19.2 Å². The third-order valence-corrected chi connectivity index (χ3v) is 2.26. The number of nitrogens with two attached hydrogens (primary N) is 1. The summed E-state index contributed by atoms with van der Waals surface area (Å²) in [6, 6.07) is 3.63. The van der Waals surface area contributed by atoms with Gasteiger partial charge < -0.3 is 10.6 Å². The Hall–Kier alpha value is -1.16. The van der Waals surface area contributed by atoms with Crippen LogP contribution in [0, 0.1) is 11.6 Å². The molecule has 0 radical (unpaired) electrons. The minimum absolute atomic E-state index is 0.437. The van der Waals surface area contributed by atoms with Gasteiger partial charge in [-0.2, -0.15) is 0 Å². The summed E-state index contributed by atoms with van der Waals surface area (Å²) in [5.74, 6) is -1.07. The quantitative estimate of drug-likeness (QED) is 0.813. The van der Waals surface area contributed by atoms with Gasteiger partial charge in [0.05, 0.1) is 5.69 Å². The van der Waals surface area contributed by atoms with E-state index in [0.717, 1.165) is 12.5 Å². The van der Waals surface area contributed by atoms with Crippen molar-refractivity contribution in [3.8, 4) is 0 Å². The van der Waals surface area contributed by atoms with E-state index in [0.29, 0.717) is 25.3 Å². The molecule has 0 heterocycles. The molecule has 0 bridgehead atoms. The van der Waals surface area contributed by atoms with E-state index in [4.69, 9.17) is 5.73 Å². The van der Waals surface area contributed by atoms with Gasteiger partial charge in [0.2, 0.25) is 0 Å². The molecule has 84 valence electrons. The van der Waals surface area contributed by atoms with Crippen molar-refractivity contribution >= 4 is 5.69 Å². The van der Waals surface area contributed by atoms with Crippen molar-refractivity contribution in [2.75, 3.05) is 24.5 Å². The Bertz CT molecular complexity index is 315. The molecule has 0 atom stereocenters. The maximum atomic E-state index is 13.4. The van der Waals surface area contributed by atoms with Crippen molar-refractivity contribution < 1.29 is 8.78 Å². The first-order valence-electron chi connectivity index (χ1n) is 5.09. The highest BCUT2D eigenvalue weighted by Gasteiger charge is 2.09. The van der Waals surface area contributed by atoms with Gasteiger partial charge in [-0.25, -0.2) is 8.78 Å². The zero-order valence-electron chi connectivity index (χ0n) is 8.84. The number of nitrogens with zero attached hydrogens (tertiary/aromatic N) is 1. The average molecular weight is 214 g/mol. The van der Waals surface area contributed by atoms with Gasteiger partial charge >= 0.3 is 0 Å². The summed E-state index contributed by atoms with van der Waals surface area (Å²) >= 11 is 0. The predicted octanol–water partition coefficient (Wildman–Crippen LogP) is 2.14. The maximum Gasteiger partial charge on any atom is 0.149 e. The maximum absolute atomic E-state index is 13.4. The van der Waals surface area contributed by atoms with Gasteiger partial charge in [-0.1, -0.05) is 0 Å². The van der Waals surface area contributed by atoms with Crippen LogP contribution in [0.2, 0.25) is 0 Å². The van der Waals surface area contributed by atoms with Crippen LogP contribution in [0.3, 0.4) is 0 Å². The molecule has 0 unspecified atom stereocenters. The third kappa shape index (κ3) is 3.16. The largest absolute Gasteiger partial charge is 0.369 e. The molecule has 0 aliphatic rings. The summed E-state index contributed by atoms with van der Waals surface area (Å²) in [6.45, 7) is 3.87. The molecule has 2 N–H and O–H groups in total. The smallest absolute Gasteiger partial charge is 0.149 e. The summed E-state index contributed by atoms with van der Waals surface area (Å²) in [7, 11) is 0. The van der Waals surface area contributed by atoms with Gasteiger partial charge in [0.25, 0.3) is 0 Å². The topological polar surface area (TPSA) is 29.3 Å². The second kappa shape index (κ2) is 5.66. The van der Waals surface area contributed by atoms with Gasteiger partial charge in [-0.05, 0) is 32.0 Å². The lowest BCUT2D eigenvalue weighted by molar-refractivity contribution is 0.577. The molecule has 0 saturated carbocycles. The fourth-order valence-electron chi connectivity index (χ4n) is 1.47. The number of anilines is 1. The Kier molecular flexibility index (Phi) is 4.49. The van der Waals surface area contributed by atoms with E-state index < -0.39 is 11.6 Å². The predicted molar refractivity (Wildman–Crippen MR) is 57.9 cm³/mol. The molecule has 0 saturated heterocycles. The van der Waals surface area contributed by atoms with Gasteiger partial charge in [-0.15, -0.1) is 0 Å². The number of rotatable bonds is 5. The highest BCUT2D eigenvalue weighted by molar-refractivity contribution is 5.47. The Morgan fingerprint density at radius 2 is 2.07 bits per heavy atom. The van der Waals surface area contributed by atoms with Crippen LogP contribution in [0.25, 0.3) is 0 Å². The standard InChI is InChI=1S/C11H16F2N2/c1-2-15(7-3-6-14)11-5-4-9(12)8-10(11)13/h4-5,8H,2-3,6-7,14H2,1H3. The fourth-order valence-corrected chi connectivity index (χ4v) is 1.47. The van der Waals surface area contributed by atoms with Crippen LogP contribution in [-0.2, 0) is 0 Å². The molecule has 0 spiro atoms. The van der Waals surface area contributed by atoms with E-state index in [2.05, 4.69) is 0 Å². The van der Waals surface area contributed by atoms with Crippen molar-refractivity contribution in [1.29, 1.82) is 0 Å². The monoisotopic (exact) mass is 214 g/mol. The number of benzene rings is 1. The van der Waals surface area contributed by atoms with E-state index in [1.807, 2.05) is 11.8 Å². The Morgan fingerprint density at radius 3 is 2.60 bits per heavy atom. The van der Waals surface area contributed by atoms with Crippen LogP contribution in [-0.4, -0.2) is 19.6 Å².